The molecule has 1 heterocycles. The van der Waals surface area contributed by atoms with E-state index in [0.717, 1.165) is 10.9 Å². The monoisotopic (exact) mass is 116 g/mol. The van der Waals surface area contributed by atoms with Crippen LogP contribution in [0.2, 0.25) is 0 Å². The molecule has 0 atom stereocenters. The van der Waals surface area contributed by atoms with Gasteiger partial charge in [-0.2, -0.15) is 0 Å². The van der Waals surface area contributed by atoms with Gasteiger partial charge in [-0.15, -0.1) is 0 Å². The molecule has 0 saturated carbocycles. The molecule has 0 aliphatic rings. The number of hydrogen-bond donors (Lipinski definition) is 0. The third-order valence-electron chi connectivity index (χ3n) is 1.36. The Hall–Kier alpha value is -1.05. The van der Waals surface area contributed by atoms with Gasteiger partial charge < -0.3 is 0 Å². The zero-order valence-corrected chi connectivity index (χ0v) is 4.87. The molecule has 2 rings (SSSR count). The van der Waals surface area contributed by atoms with Gasteiger partial charge in [0.2, 0.25) is 0 Å². The molecular formula is C7H5BO. The normalized spacial score (nSPS) is 9.78. The molecule has 1 aromatic carbocycles. The summed E-state index contributed by atoms with van der Waals surface area (Å²) in [6.45, 7) is 1.95. The number of benzene rings is 1. The van der Waals surface area contributed by atoms with Gasteiger partial charge in [0.25, 0.3) is 0 Å². The van der Waals surface area contributed by atoms with E-state index in [1.165, 1.54) is 0 Å². The van der Waals surface area contributed by atoms with Gasteiger partial charge in [-0.25, -0.2) is 0 Å². The molecular weight excluding hydrogens is 111 g/mol. The van der Waals surface area contributed by atoms with Crippen molar-refractivity contribution < 1.29 is 4.42 Å². The molecule has 0 fully saturated rings. The Labute approximate surface area is 53.5 Å². The first-order valence-corrected chi connectivity index (χ1v) is 2.89. The molecule has 0 bridgehead atoms. The van der Waals surface area contributed by atoms with Crippen LogP contribution in [0.25, 0.3) is 10.9 Å². The van der Waals surface area contributed by atoms with Crippen LogP contribution in [0.4, 0.5) is 0 Å². The van der Waals surface area contributed by atoms with Crippen molar-refractivity contribution in [2.45, 2.75) is 0 Å². The van der Waals surface area contributed by atoms with Crippen LogP contribution in [-0.4, -0.2) is 6.91 Å². The Kier molecular flexibility index (Phi) is 0.920. The minimum absolute atomic E-state index is 0.956. The van der Waals surface area contributed by atoms with E-state index < -0.39 is 0 Å². The van der Waals surface area contributed by atoms with Crippen molar-refractivity contribution in [2.75, 3.05) is 0 Å². The Balaban J connectivity index is 2.95. The SMILES string of the molecule is b1coc2ccccc12. The van der Waals surface area contributed by atoms with Gasteiger partial charge in [0, 0.05) is 0 Å². The summed E-state index contributed by atoms with van der Waals surface area (Å²) in [5.41, 5.74) is 0.956. The van der Waals surface area contributed by atoms with Crippen molar-refractivity contribution >= 4 is 17.8 Å². The molecule has 0 saturated heterocycles. The van der Waals surface area contributed by atoms with Crippen molar-refractivity contribution in [2.24, 2.45) is 0 Å². The van der Waals surface area contributed by atoms with Crippen LogP contribution in [0, 0.1) is 0 Å². The van der Waals surface area contributed by atoms with Crippen molar-refractivity contribution in [1.82, 2.24) is 0 Å². The summed E-state index contributed by atoms with van der Waals surface area (Å²) >= 11 is 0. The van der Waals surface area contributed by atoms with Crippen molar-refractivity contribution in [3.8, 4) is 0 Å². The van der Waals surface area contributed by atoms with E-state index in [4.69, 9.17) is 4.42 Å². The molecule has 9 heavy (non-hydrogen) atoms. The van der Waals surface area contributed by atoms with Gasteiger partial charge in [-0.1, -0.05) is 0 Å². The maximum atomic E-state index is 5.12. The summed E-state index contributed by atoms with van der Waals surface area (Å²) < 4.78 is 5.12. The molecule has 0 aliphatic carbocycles. The predicted octanol–water partition coefficient (Wildman–Crippen LogP) is 1.77. The predicted molar refractivity (Wildman–Crippen MR) is 37.6 cm³/mol. The number of fused-ring (bicyclic) bond motifs is 1. The molecule has 0 N–H and O–H groups in total. The molecule has 0 aliphatic heterocycles. The van der Waals surface area contributed by atoms with Gasteiger partial charge in [-0.3, -0.25) is 0 Å². The number of hydrogen-bond acceptors (Lipinski definition) is 1. The average molecular weight is 116 g/mol. The van der Waals surface area contributed by atoms with E-state index >= 15 is 0 Å². The van der Waals surface area contributed by atoms with Crippen LogP contribution in [0.1, 0.15) is 0 Å². The van der Waals surface area contributed by atoms with E-state index in [1.54, 1.807) is 6.16 Å². The van der Waals surface area contributed by atoms with Crippen molar-refractivity contribution in [3.63, 3.8) is 0 Å². The molecule has 2 heteroatoms. The fourth-order valence-electron chi connectivity index (χ4n) is 0.906. The summed E-state index contributed by atoms with van der Waals surface area (Å²) in [6, 6.07) is 7.94. The third kappa shape index (κ3) is 0.671. The quantitative estimate of drug-likeness (QED) is 0.511. The Morgan fingerprint density at radius 2 is 2.11 bits per heavy atom. The van der Waals surface area contributed by atoms with E-state index in [-0.39, 0.29) is 0 Å². The summed E-state index contributed by atoms with van der Waals surface area (Å²) in [7, 11) is 0. The topological polar surface area (TPSA) is 13.1 Å². The van der Waals surface area contributed by atoms with Crippen LogP contribution in [0.15, 0.2) is 34.8 Å². The van der Waals surface area contributed by atoms with Gasteiger partial charge in [-0.05, 0) is 0 Å². The van der Waals surface area contributed by atoms with Crippen LogP contribution >= 0.6 is 0 Å². The standard InChI is InChI=1S/C7H5BO/c1-2-4-7-6(3-1)8-5-9-7/h1-5H. The molecule has 0 spiro atoms. The molecule has 0 unspecified atom stereocenters. The first-order valence-electron chi connectivity index (χ1n) is 2.89. The summed E-state index contributed by atoms with van der Waals surface area (Å²) in [5.74, 6) is 0. The summed E-state index contributed by atoms with van der Waals surface area (Å²) in [4.78, 5) is 0. The van der Waals surface area contributed by atoms with Crippen LogP contribution in [0.3, 0.4) is 0 Å². The van der Waals surface area contributed by atoms with Crippen LogP contribution < -0.4 is 0 Å². The fraction of sp³-hybridized carbons (Fsp3) is 0. The van der Waals surface area contributed by atoms with E-state index in [9.17, 15) is 0 Å². The minimum atomic E-state index is 0.956. The second-order valence-electron chi connectivity index (χ2n) is 1.96. The van der Waals surface area contributed by atoms with E-state index in [0.29, 0.717) is 0 Å². The number of rotatable bonds is 0. The fourth-order valence-corrected chi connectivity index (χ4v) is 0.906. The van der Waals surface area contributed by atoms with Gasteiger partial charge >= 0.3 is 52.6 Å². The molecule has 2 aromatic rings. The maximum absolute atomic E-state index is 5.12. The molecule has 1 nitrogen and oxygen atoms in total. The zero-order chi connectivity index (χ0) is 6.10. The van der Waals surface area contributed by atoms with Crippen molar-refractivity contribution in [3.05, 3.63) is 30.4 Å². The van der Waals surface area contributed by atoms with Gasteiger partial charge in [0.05, 0.1) is 0 Å². The summed E-state index contributed by atoms with van der Waals surface area (Å²) in [5, 5.41) is 1.16. The zero-order valence-electron chi connectivity index (χ0n) is 4.87. The third-order valence-corrected chi connectivity index (χ3v) is 1.36. The molecule has 42 valence electrons. The first-order chi connectivity index (χ1) is 4.47. The average Bonchev–Trinajstić information content (AvgIpc) is 2.33. The second-order valence-corrected chi connectivity index (χ2v) is 1.96. The Morgan fingerprint density at radius 1 is 1.22 bits per heavy atom. The molecule has 1 aromatic heterocycles. The Morgan fingerprint density at radius 3 is 3.00 bits per heavy atom. The molecule has 0 amide bonds. The molecule has 0 radical (unpaired) electrons. The second kappa shape index (κ2) is 1.73. The number of para-hydroxylation sites is 1. The van der Waals surface area contributed by atoms with Gasteiger partial charge in [0.1, 0.15) is 0 Å². The van der Waals surface area contributed by atoms with E-state index in [2.05, 4.69) is 0 Å². The van der Waals surface area contributed by atoms with Crippen LogP contribution in [-0.2, 0) is 0 Å². The van der Waals surface area contributed by atoms with Crippen molar-refractivity contribution in [1.29, 1.82) is 0 Å². The Bertz CT molecular complexity index is 283. The van der Waals surface area contributed by atoms with Gasteiger partial charge in [0.15, 0.2) is 0 Å². The van der Waals surface area contributed by atoms with E-state index in [1.807, 2.05) is 31.2 Å². The summed E-state index contributed by atoms with van der Waals surface area (Å²) in [6.07, 6.45) is 1.70. The van der Waals surface area contributed by atoms with Crippen LogP contribution in [0.5, 0.6) is 0 Å². The first kappa shape index (κ1) is 4.80.